The molecule has 1 N–H and O–H groups in total. The van der Waals surface area contributed by atoms with E-state index in [0.717, 1.165) is 43.7 Å². The van der Waals surface area contributed by atoms with Crippen LogP contribution in [0.5, 0.6) is 0 Å². The monoisotopic (exact) mass is 321 g/mol. The average Bonchev–Trinajstić information content (AvgIpc) is 2.66. The van der Waals surface area contributed by atoms with Crippen LogP contribution in [0.4, 0.5) is 0 Å². The molecule has 0 aliphatic rings. The molecule has 0 atom stereocenters. The van der Waals surface area contributed by atoms with Crippen LogP contribution in [0.2, 0.25) is 0 Å². The van der Waals surface area contributed by atoms with Crippen molar-refractivity contribution in [2.75, 3.05) is 0 Å². The fraction of sp³-hybridized carbons (Fsp3) is 0. The van der Waals surface area contributed by atoms with E-state index in [4.69, 9.17) is 0 Å². The van der Waals surface area contributed by atoms with Gasteiger partial charge in [-0.2, -0.15) is 0 Å². The summed E-state index contributed by atoms with van der Waals surface area (Å²) in [6.07, 6.45) is 0. The highest BCUT2D eigenvalue weighted by Crippen LogP contribution is 2.36. The summed E-state index contributed by atoms with van der Waals surface area (Å²) >= 11 is 0. The summed E-state index contributed by atoms with van der Waals surface area (Å²) in [7, 11) is 0. The number of benzene rings is 4. The largest absolute Gasteiger partial charge is 0.354 e. The number of aromatic nitrogens is 1. The van der Waals surface area contributed by atoms with Crippen molar-refractivity contribution in [2.24, 2.45) is 0 Å². The van der Waals surface area contributed by atoms with Crippen molar-refractivity contribution in [2.45, 2.75) is 0 Å². The zero-order valence-corrected chi connectivity index (χ0v) is 13.5. The molecule has 0 radical (unpaired) electrons. The second-order valence-corrected chi connectivity index (χ2v) is 6.25. The first kappa shape index (κ1) is 14.0. The summed E-state index contributed by atoms with van der Waals surface area (Å²) in [4.78, 5) is 16.1. The van der Waals surface area contributed by atoms with Crippen LogP contribution in [0.3, 0.4) is 0 Å². The smallest absolute Gasteiger partial charge is 0.188 e. The standard InChI is InChI=1S/C23H15NO/c25-20-12-6-9-16-13-14-18-21(15-7-2-1-3-8-15)17-10-4-5-11-19(17)24-23(18)22(16)20/h1-14,24H. The molecular weight excluding hydrogens is 306 g/mol. The van der Waals surface area contributed by atoms with Crippen molar-refractivity contribution in [1.29, 1.82) is 0 Å². The first-order valence-electron chi connectivity index (χ1n) is 8.35. The second kappa shape index (κ2) is 5.32. The fourth-order valence-corrected chi connectivity index (χ4v) is 3.69. The van der Waals surface area contributed by atoms with Crippen molar-refractivity contribution in [1.82, 2.24) is 4.98 Å². The topological polar surface area (TPSA) is 32.9 Å². The number of H-pyrrole nitrogens is 1. The Kier molecular flexibility index (Phi) is 2.98. The Morgan fingerprint density at radius 1 is 0.640 bits per heavy atom. The minimum absolute atomic E-state index is 0.0497. The number of rotatable bonds is 1. The summed E-state index contributed by atoms with van der Waals surface area (Å²) in [6.45, 7) is 0. The Morgan fingerprint density at radius 3 is 2.32 bits per heavy atom. The van der Waals surface area contributed by atoms with Crippen molar-refractivity contribution < 1.29 is 0 Å². The van der Waals surface area contributed by atoms with Gasteiger partial charge in [0.1, 0.15) is 0 Å². The Balaban J connectivity index is 2.09. The molecule has 0 amide bonds. The Bertz CT molecular complexity index is 1300. The highest BCUT2D eigenvalue weighted by molar-refractivity contribution is 6.16. The summed E-state index contributed by atoms with van der Waals surface area (Å²) in [6, 6.07) is 28.2. The van der Waals surface area contributed by atoms with Crippen LogP contribution in [0, 0.1) is 0 Å². The van der Waals surface area contributed by atoms with Crippen LogP contribution in [0.15, 0.2) is 89.7 Å². The second-order valence-electron chi connectivity index (χ2n) is 6.25. The third-order valence-electron chi connectivity index (χ3n) is 4.80. The maximum absolute atomic E-state index is 12.6. The highest BCUT2D eigenvalue weighted by atomic mass is 16.1. The van der Waals surface area contributed by atoms with Gasteiger partial charge in [-0.3, -0.25) is 4.79 Å². The molecule has 25 heavy (non-hydrogen) atoms. The van der Waals surface area contributed by atoms with Gasteiger partial charge in [0.05, 0.1) is 10.9 Å². The molecule has 5 rings (SSSR count). The number of hydrogen-bond acceptors (Lipinski definition) is 1. The van der Waals surface area contributed by atoms with Gasteiger partial charge in [0.25, 0.3) is 0 Å². The van der Waals surface area contributed by atoms with Gasteiger partial charge >= 0.3 is 0 Å². The minimum Gasteiger partial charge on any atom is -0.354 e. The average molecular weight is 321 g/mol. The van der Waals surface area contributed by atoms with Gasteiger partial charge in [0.15, 0.2) is 5.43 Å². The van der Waals surface area contributed by atoms with Gasteiger partial charge in [-0.1, -0.05) is 72.8 Å². The molecule has 0 aliphatic heterocycles. The Labute approximate surface area is 144 Å². The van der Waals surface area contributed by atoms with Crippen molar-refractivity contribution in [3.05, 3.63) is 95.2 Å². The van der Waals surface area contributed by atoms with E-state index in [2.05, 4.69) is 41.4 Å². The lowest BCUT2D eigenvalue weighted by Crippen LogP contribution is -2.01. The molecule has 2 nitrogen and oxygen atoms in total. The molecule has 1 aromatic heterocycles. The molecule has 0 spiro atoms. The number of nitrogens with one attached hydrogen (secondary N) is 1. The Morgan fingerprint density at radius 2 is 1.44 bits per heavy atom. The van der Waals surface area contributed by atoms with Gasteiger partial charge in [-0.25, -0.2) is 0 Å². The van der Waals surface area contributed by atoms with E-state index in [9.17, 15) is 4.79 Å². The van der Waals surface area contributed by atoms with E-state index in [1.165, 1.54) is 0 Å². The molecule has 0 aliphatic carbocycles. The van der Waals surface area contributed by atoms with Gasteiger partial charge in [0, 0.05) is 21.9 Å². The maximum atomic E-state index is 12.6. The minimum atomic E-state index is 0.0497. The molecule has 5 aromatic rings. The molecule has 118 valence electrons. The molecule has 1 heterocycles. The summed E-state index contributed by atoms with van der Waals surface area (Å²) < 4.78 is 0. The van der Waals surface area contributed by atoms with Crippen LogP contribution in [-0.2, 0) is 0 Å². The normalized spacial score (nSPS) is 11.4. The molecule has 0 saturated heterocycles. The van der Waals surface area contributed by atoms with Crippen LogP contribution in [0.1, 0.15) is 0 Å². The molecule has 0 saturated carbocycles. The lowest BCUT2D eigenvalue weighted by molar-refractivity contribution is 1.50. The molecule has 4 aromatic carbocycles. The summed E-state index contributed by atoms with van der Waals surface area (Å²) in [5.74, 6) is 0. The lowest BCUT2D eigenvalue weighted by atomic mass is 9.94. The number of pyridine rings is 1. The lowest BCUT2D eigenvalue weighted by Gasteiger charge is -2.13. The Hall–Kier alpha value is -3.39. The van der Waals surface area contributed by atoms with Crippen molar-refractivity contribution in [3.8, 4) is 11.1 Å². The number of para-hydroxylation sites is 1. The molecule has 0 unspecified atom stereocenters. The third kappa shape index (κ3) is 2.08. The van der Waals surface area contributed by atoms with E-state index in [-0.39, 0.29) is 5.43 Å². The molecule has 0 fully saturated rings. The van der Waals surface area contributed by atoms with Crippen LogP contribution < -0.4 is 5.43 Å². The SMILES string of the molecule is O=c1cccc2ccc3c(-c4ccccc4)c4ccccc4[nH]c3c12. The first-order chi connectivity index (χ1) is 12.3. The zero-order valence-electron chi connectivity index (χ0n) is 13.5. The van der Waals surface area contributed by atoms with E-state index < -0.39 is 0 Å². The predicted molar refractivity (Wildman–Crippen MR) is 105 cm³/mol. The summed E-state index contributed by atoms with van der Waals surface area (Å²) in [5, 5.41) is 3.94. The van der Waals surface area contributed by atoms with Crippen LogP contribution in [-0.4, -0.2) is 4.98 Å². The quantitative estimate of drug-likeness (QED) is 0.321. The highest BCUT2D eigenvalue weighted by Gasteiger charge is 2.13. The predicted octanol–water partition coefficient (Wildman–Crippen LogP) is 5.50. The van der Waals surface area contributed by atoms with E-state index in [1.807, 2.05) is 42.5 Å². The van der Waals surface area contributed by atoms with Crippen molar-refractivity contribution >= 4 is 32.6 Å². The van der Waals surface area contributed by atoms with E-state index in [1.54, 1.807) is 6.07 Å². The molecule has 2 heteroatoms. The van der Waals surface area contributed by atoms with Crippen LogP contribution in [0.25, 0.3) is 43.7 Å². The maximum Gasteiger partial charge on any atom is 0.188 e. The molecule has 0 bridgehead atoms. The van der Waals surface area contributed by atoms with E-state index >= 15 is 0 Å². The number of hydrogen-bond donors (Lipinski definition) is 1. The number of fused-ring (bicyclic) bond motifs is 4. The van der Waals surface area contributed by atoms with Gasteiger partial charge in [0.2, 0.25) is 0 Å². The van der Waals surface area contributed by atoms with Gasteiger partial charge in [-0.05, 0) is 23.1 Å². The van der Waals surface area contributed by atoms with Gasteiger partial charge < -0.3 is 4.98 Å². The summed E-state index contributed by atoms with van der Waals surface area (Å²) in [5.41, 5.74) is 4.30. The van der Waals surface area contributed by atoms with Crippen LogP contribution >= 0.6 is 0 Å². The number of aromatic amines is 1. The molecular formula is C23H15NO. The van der Waals surface area contributed by atoms with Crippen molar-refractivity contribution in [3.63, 3.8) is 0 Å². The first-order valence-corrected chi connectivity index (χ1v) is 8.35. The van der Waals surface area contributed by atoms with Gasteiger partial charge in [-0.15, -0.1) is 0 Å². The van der Waals surface area contributed by atoms with E-state index in [0.29, 0.717) is 0 Å². The third-order valence-corrected chi connectivity index (χ3v) is 4.80. The zero-order chi connectivity index (χ0) is 16.8. The fourth-order valence-electron chi connectivity index (χ4n) is 3.69.